The molecule has 0 heterocycles. The Hall–Kier alpha value is -1.82. The summed E-state index contributed by atoms with van der Waals surface area (Å²) in [6.07, 6.45) is 1.00. The third kappa shape index (κ3) is 2.89. The SMILES string of the molecule is CCC(C)N(CC)c1cc(C#N)ccc1C(C)=O. The third-order valence-corrected chi connectivity index (χ3v) is 3.28. The second kappa shape index (κ2) is 6.20. The van der Waals surface area contributed by atoms with E-state index in [4.69, 9.17) is 5.26 Å². The standard InChI is InChI=1S/C15H20N2O/c1-5-11(3)17(6-2)15-9-13(10-16)7-8-14(15)12(4)18/h7-9,11H,5-6H2,1-4H3. The Morgan fingerprint density at radius 2 is 2.11 bits per heavy atom. The molecular weight excluding hydrogens is 224 g/mol. The molecule has 0 saturated carbocycles. The van der Waals surface area contributed by atoms with Gasteiger partial charge in [-0.05, 0) is 45.4 Å². The summed E-state index contributed by atoms with van der Waals surface area (Å²) < 4.78 is 0. The van der Waals surface area contributed by atoms with Gasteiger partial charge in [0.25, 0.3) is 0 Å². The van der Waals surface area contributed by atoms with Gasteiger partial charge >= 0.3 is 0 Å². The fourth-order valence-corrected chi connectivity index (χ4v) is 2.08. The van der Waals surface area contributed by atoms with E-state index in [0.717, 1.165) is 18.7 Å². The first kappa shape index (κ1) is 14.2. The topological polar surface area (TPSA) is 44.1 Å². The second-order valence-corrected chi connectivity index (χ2v) is 4.44. The summed E-state index contributed by atoms with van der Waals surface area (Å²) >= 11 is 0. The molecular formula is C15H20N2O. The number of anilines is 1. The molecule has 0 amide bonds. The maximum Gasteiger partial charge on any atom is 0.161 e. The lowest BCUT2D eigenvalue weighted by molar-refractivity contribution is 0.101. The molecule has 0 aliphatic heterocycles. The number of carbonyl (C=O) groups excluding carboxylic acids is 1. The highest BCUT2D eigenvalue weighted by atomic mass is 16.1. The van der Waals surface area contributed by atoms with Crippen molar-refractivity contribution in [2.24, 2.45) is 0 Å². The summed E-state index contributed by atoms with van der Waals surface area (Å²) in [6, 6.07) is 7.74. The molecule has 1 unspecified atom stereocenters. The van der Waals surface area contributed by atoms with Crippen LogP contribution in [0.3, 0.4) is 0 Å². The number of nitrogens with zero attached hydrogens (tertiary/aromatic N) is 2. The highest BCUT2D eigenvalue weighted by Gasteiger charge is 2.17. The number of ketones is 1. The molecule has 0 bridgehead atoms. The van der Waals surface area contributed by atoms with Crippen molar-refractivity contribution in [1.29, 1.82) is 5.26 Å². The molecule has 0 aliphatic carbocycles. The van der Waals surface area contributed by atoms with Crippen LogP contribution in [0.2, 0.25) is 0 Å². The predicted molar refractivity (Wildman–Crippen MR) is 73.9 cm³/mol. The Balaban J connectivity index is 3.34. The van der Waals surface area contributed by atoms with Crippen LogP contribution in [-0.2, 0) is 0 Å². The molecule has 0 radical (unpaired) electrons. The van der Waals surface area contributed by atoms with Crippen molar-refractivity contribution < 1.29 is 4.79 Å². The minimum Gasteiger partial charge on any atom is -0.368 e. The lowest BCUT2D eigenvalue weighted by Gasteiger charge is -2.31. The Bertz CT molecular complexity index is 474. The van der Waals surface area contributed by atoms with Gasteiger partial charge in [-0.15, -0.1) is 0 Å². The van der Waals surface area contributed by atoms with E-state index in [1.165, 1.54) is 0 Å². The fraction of sp³-hybridized carbons (Fsp3) is 0.467. The van der Waals surface area contributed by atoms with Gasteiger partial charge in [-0.25, -0.2) is 0 Å². The largest absolute Gasteiger partial charge is 0.368 e. The van der Waals surface area contributed by atoms with E-state index >= 15 is 0 Å². The number of Topliss-reactive ketones (excluding diaryl/α,β-unsaturated/α-hetero) is 1. The predicted octanol–water partition coefficient (Wildman–Crippen LogP) is 3.39. The lowest BCUT2D eigenvalue weighted by Crippen LogP contribution is -2.33. The third-order valence-electron chi connectivity index (χ3n) is 3.28. The molecule has 96 valence electrons. The maximum absolute atomic E-state index is 11.7. The van der Waals surface area contributed by atoms with Crippen molar-refractivity contribution in [2.45, 2.75) is 40.2 Å². The van der Waals surface area contributed by atoms with Gasteiger partial charge in [0.2, 0.25) is 0 Å². The number of benzene rings is 1. The molecule has 0 aliphatic rings. The number of rotatable bonds is 5. The lowest BCUT2D eigenvalue weighted by atomic mass is 10.0. The molecule has 0 spiro atoms. The first-order valence-corrected chi connectivity index (χ1v) is 6.36. The summed E-state index contributed by atoms with van der Waals surface area (Å²) in [5.41, 5.74) is 2.16. The van der Waals surface area contributed by atoms with Crippen molar-refractivity contribution in [3.05, 3.63) is 29.3 Å². The quantitative estimate of drug-likeness (QED) is 0.746. The van der Waals surface area contributed by atoms with Gasteiger partial charge in [0.05, 0.1) is 11.6 Å². The Morgan fingerprint density at radius 1 is 1.44 bits per heavy atom. The van der Waals surface area contributed by atoms with Crippen LogP contribution in [0.15, 0.2) is 18.2 Å². The van der Waals surface area contributed by atoms with E-state index in [1.807, 2.05) is 6.07 Å². The van der Waals surface area contributed by atoms with Crippen LogP contribution in [-0.4, -0.2) is 18.4 Å². The Kier molecular flexibility index (Phi) is 4.91. The molecule has 0 saturated heterocycles. The van der Waals surface area contributed by atoms with E-state index < -0.39 is 0 Å². The molecule has 18 heavy (non-hydrogen) atoms. The minimum atomic E-state index is 0.0382. The van der Waals surface area contributed by atoms with Crippen molar-refractivity contribution in [3.8, 4) is 6.07 Å². The van der Waals surface area contributed by atoms with Crippen molar-refractivity contribution >= 4 is 11.5 Å². The molecule has 3 heteroatoms. The van der Waals surface area contributed by atoms with Crippen LogP contribution in [0, 0.1) is 11.3 Å². The van der Waals surface area contributed by atoms with Gasteiger partial charge in [-0.2, -0.15) is 5.26 Å². The summed E-state index contributed by atoms with van der Waals surface area (Å²) in [6.45, 7) is 8.70. The maximum atomic E-state index is 11.7. The van der Waals surface area contributed by atoms with E-state index in [0.29, 0.717) is 17.2 Å². The van der Waals surface area contributed by atoms with E-state index in [9.17, 15) is 4.79 Å². The van der Waals surface area contributed by atoms with Crippen molar-refractivity contribution in [3.63, 3.8) is 0 Å². The van der Waals surface area contributed by atoms with Gasteiger partial charge in [0.15, 0.2) is 5.78 Å². The molecule has 0 N–H and O–H groups in total. The molecule has 1 rings (SSSR count). The highest BCUT2D eigenvalue weighted by Crippen LogP contribution is 2.25. The van der Waals surface area contributed by atoms with Crippen molar-refractivity contribution in [2.75, 3.05) is 11.4 Å². The van der Waals surface area contributed by atoms with Crippen LogP contribution in [0.25, 0.3) is 0 Å². The van der Waals surface area contributed by atoms with Crippen LogP contribution >= 0.6 is 0 Å². The summed E-state index contributed by atoms with van der Waals surface area (Å²) in [5.74, 6) is 0.0382. The van der Waals surface area contributed by atoms with Gasteiger partial charge < -0.3 is 4.90 Å². The normalized spacial score (nSPS) is 11.7. The molecule has 0 aromatic heterocycles. The summed E-state index contributed by atoms with van der Waals surface area (Å²) in [5, 5.41) is 8.99. The molecule has 1 atom stereocenters. The highest BCUT2D eigenvalue weighted by molar-refractivity contribution is 6.00. The summed E-state index contributed by atoms with van der Waals surface area (Å²) in [4.78, 5) is 13.9. The van der Waals surface area contributed by atoms with Crippen molar-refractivity contribution in [1.82, 2.24) is 0 Å². The fourth-order valence-electron chi connectivity index (χ4n) is 2.08. The second-order valence-electron chi connectivity index (χ2n) is 4.44. The van der Waals surface area contributed by atoms with Gasteiger partial charge in [0.1, 0.15) is 0 Å². The molecule has 3 nitrogen and oxygen atoms in total. The zero-order chi connectivity index (χ0) is 13.7. The zero-order valence-electron chi connectivity index (χ0n) is 11.5. The number of nitriles is 1. The van der Waals surface area contributed by atoms with Gasteiger partial charge in [-0.3, -0.25) is 4.79 Å². The van der Waals surface area contributed by atoms with Crippen LogP contribution in [0.5, 0.6) is 0 Å². The number of hydrogen-bond acceptors (Lipinski definition) is 3. The molecule has 1 aromatic carbocycles. The number of carbonyl (C=O) groups is 1. The monoisotopic (exact) mass is 244 g/mol. The molecule has 0 fully saturated rings. The first-order chi connectivity index (χ1) is 8.54. The van der Waals surface area contributed by atoms with Crippen LogP contribution in [0.1, 0.15) is 50.0 Å². The minimum absolute atomic E-state index is 0.0382. The summed E-state index contributed by atoms with van der Waals surface area (Å²) in [7, 11) is 0. The Morgan fingerprint density at radius 3 is 2.56 bits per heavy atom. The van der Waals surface area contributed by atoms with E-state index in [-0.39, 0.29) is 5.78 Å². The van der Waals surface area contributed by atoms with Gasteiger partial charge in [0, 0.05) is 23.8 Å². The van der Waals surface area contributed by atoms with E-state index in [2.05, 4.69) is 31.7 Å². The smallest absolute Gasteiger partial charge is 0.161 e. The van der Waals surface area contributed by atoms with Crippen LogP contribution in [0.4, 0.5) is 5.69 Å². The average Bonchev–Trinajstić information content (AvgIpc) is 2.38. The Labute approximate surface area is 109 Å². The molecule has 1 aromatic rings. The zero-order valence-corrected chi connectivity index (χ0v) is 11.5. The first-order valence-electron chi connectivity index (χ1n) is 6.36. The van der Waals surface area contributed by atoms with Gasteiger partial charge in [-0.1, -0.05) is 6.92 Å². The number of hydrogen-bond donors (Lipinski definition) is 0. The average molecular weight is 244 g/mol. The van der Waals surface area contributed by atoms with Crippen LogP contribution < -0.4 is 4.90 Å². The van der Waals surface area contributed by atoms with E-state index in [1.54, 1.807) is 19.1 Å².